The minimum absolute atomic E-state index is 0.0531. The smallest absolute Gasteiger partial charge is 0.347 e. The molecule has 2 aromatic heterocycles. The van der Waals surface area contributed by atoms with Crippen molar-refractivity contribution in [1.82, 2.24) is 14.9 Å². The number of aliphatic hydroxyl groups is 1. The summed E-state index contributed by atoms with van der Waals surface area (Å²) in [7, 11) is 0. The van der Waals surface area contributed by atoms with Crippen LogP contribution in [0.3, 0.4) is 0 Å². The summed E-state index contributed by atoms with van der Waals surface area (Å²) in [6.45, 7) is 3.07. The second-order valence-corrected chi connectivity index (χ2v) is 7.12. The zero-order valence-corrected chi connectivity index (χ0v) is 16.2. The van der Waals surface area contributed by atoms with Gasteiger partial charge in [0.05, 0.1) is 6.61 Å². The normalized spacial score (nSPS) is 21.2. The average molecular weight is 397 g/mol. The Labute approximate surface area is 167 Å². The Morgan fingerprint density at radius 2 is 2.38 bits per heavy atom. The van der Waals surface area contributed by atoms with E-state index in [1.165, 1.54) is 0 Å². The number of piperidine rings is 1. The molecule has 4 heterocycles. The van der Waals surface area contributed by atoms with E-state index in [1.807, 2.05) is 17.0 Å². The Morgan fingerprint density at radius 1 is 1.52 bits per heavy atom. The van der Waals surface area contributed by atoms with Crippen LogP contribution < -0.4 is 0 Å². The van der Waals surface area contributed by atoms with Crippen LogP contribution in [-0.2, 0) is 19.1 Å². The molecule has 2 aromatic rings. The number of aromatic amines is 1. The van der Waals surface area contributed by atoms with Crippen molar-refractivity contribution in [3.8, 4) is 0 Å². The number of aromatic nitrogens is 2. The Hall–Kier alpha value is -3.13. The third kappa shape index (κ3) is 3.63. The van der Waals surface area contributed by atoms with Gasteiger partial charge in [-0.2, -0.15) is 0 Å². The molecule has 1 atom stereocenters. The van der Waals surface area contributed by atoms with Crippen molar-refractivity contribution in [2.75, 3.05) is 26.3 Å². The van der Waals surface area contributed by atoms with Crippen molar-refractivity contribution >= 4 is 28.9 Å². The van der Waals surface area contributed by atoms with Crippen molar-refractivity contribution in [1.29, 1.82) is 0 Å². The van der Waals surface area contributed by atoms with Crippen LogP contribution in [0.5, 0.6) is 0 Å². The SMILES string of the molecule is CCOC(=O)C1=C(N2CCCC(CO)C2)O/C(=C\c2c[nH]c3ncccc23)C1=O. The van der Waals surface area contributed by atoms with E-state index in [4.69, 9.17) is 9.47 Å². The summed E-state index contributed by atoms with van der Waals surface area (Å²) in [5.41, 5.74) is 1.35. The fourth-order valence-corrected chi connectivity index (χ4v) is 3.76. The van der Waals surface area contributed by atoms with Crippen LogP contribution in [-0.4, -0.2) is 58.0 Å². The maximum Gasteiger partial charge on any atom is 0.347 e. The summed E-state index contributed by atoms with van der Waals surface area (Å²) in [5, 5.41) is 10.4. The molecule has 1 fully saturated rings. The zero-order chi connectivity index (χ0) is 20.4. The minimum Gasteiger partial charge on any atom is -0.462 e. The first-order chi connectivity index (χ1) is 14.1. The van der Waals surface area contributed by atoms with E-state index in [9.17, 15) is 14.7 Å². The van der Waals surface area contributed by atoms with Gasteiger partial charge in [-0.05, 0) is 43.9 Å². The first-order valence-corrected chi connectivity index (χ1v) is 9.76. The van der Waals surface area contributed by atoms with Crippen LogP contribution in [0.4, 0.5) is 0 Å². The molecule has 0 amide bonds. The molecule has 29 heavy (non-hydrogen) atoms. The molecule has 2 aliphatic rings. The highest BCUT2D eigenvalue weighted by Gasteiger charge is 2.40. The van der Waals surface area contributed by atoms with Crippen LogP contribution in [0.25, 0.3) is 17.1 Å². The number of fused-ring (bicyclic) bond motifs is 1. The standard InChI is InChI=1S/C21H23N3O5/c1-2-28-21(27)17-18(26)16(9-14-10-23-19-15(14)6-3-7-22-19)29-20(17)24-8-4-5-13(11-24)12-25/h3,6-7,9-10,13,25H,2,4-5,8,11-12H2,1H3,(H,22,23)/b16-9-. The number of aliphatic hydroxyl groups excluding tert-OH is 1. The lowest BCUT2D eigenvalue weighted by Crippen LogP contribution is -2.37. The number of ether oxygens (including phenoxy) is 2. The molecule has 0 radical (unpaired) electrons. The number of allylic oxidation sites excluding steroid dienone is 1. The number of nitrogens with one attached hydrogen (secondary N) is 1. The Balaban J connectivity index is 1.69. The molecule has 2 aliphatic heterocycles. The van der Waals surface area contributed by atoms with Crippen LogP contribution in [0, 0.1) is 5.92 Å². The number of hydrogen-bond acceptors (Lipinski definition) is 7. The summed E-state index contributed by atoms with van der Waals surface area (Å²) >= 11 is 0. The second kappa shape index (κ2) is 8.08. The van der Waals surface area contributed by atoms with Crippen molar-refractivity contribution in [2.24, 2.45) is 5.92 Å². The molecule has 0 aromatic carbocycles. The van der Waals surface area contributed by atoms with Crippen LogP contribution in [0.15, 0.2) is 41.7 Å². The number of carbonyl (C=O) groups is 2. The van der Waals surface area contributed by atoms with Gasteiger partial charge in [0.25, 0.3) is 0 Å². The molecule has 0 bridgehead atoms. The average Bonchev–Trinajstić information content (AvgIpc) is 3.30. The lowest BCUT2D eigenvalue weighted by atomic mass is 9.99. The minimum atomic E-state index is -0.692. The summed E-state index contributed by atoms with van der Waals surface area (Å²) in [5.74, 6) is -0.828. The van der Waals surface area contributed by atoms with Crippen LogP contribution in [0.2, 0.25) is 0 Å². The number of ketones is 1. The van der Waals surface area contributed by atoms with E-state index in [0.29, 0.717) is 18.7 Å². The summed E-state index contributed by atoms with van der Waals surface area (Å²) in [4.78, 5) is 34.7. The highest BCUT2D eigenvalue weighted by atomic mass is 16.5. The number of pyridine rings is 1. The molecule has 8 heteroatoms. The number of carbonyl (C=O) groups excluding carboxylic acids is 2. The highest BCUT2D eigenvalue weighted by Crippen LogP contribution is 2.33. The molecule has 0 aliphatic carbocycles. The van der Waals surface area contributed by atoms with E-state index in [1.54, 1.807) is 25.4 Å². The van der Waals surface area contributed by atoms with Gasteiger partial charge in [0.1, 0.15) is 5.65 Å². The van der Waals surface area contributed by atoms with Gasteiger partial charge in [0.2, 0.25) is 11.7 Å². The third-order valence-corrected chi connectivity index (χ3v) is 5.19. The topological polar surface area (TPSA) is 105 Å². The number of hydrogen-bond donors (Lipinski definition) is 2. The molecule has 1 saturated heterocycles. The van der Waals surface area contributed by atoms with E-state index >= 15 is 0 Å². The second-order valence-electron chi connectivity index (χ2n) is 7.12. The predicted octanol–water partition coefficient (Wildman–Crippen LogP) is 1.98. The molecular weight excluding hydrogens is 374 g/mol. The third-order valence-electron chi connectivity index (χ3n) is 5.19. The molecular formula is C21H23N3O5. The predicted molar refractivity (Wildman–Crippen MR) is 105 cm³/mol. The van der Waals surface area contributed by atoms with Gasteiger partial charge in [0, 0.05) is 43.0 Å². The van der Waals surface area contributed by atoms with Crippen molar-refractivity contribution in [3.63, 3.8) is 0 Å². The highest BCUT2D eigenvalue weighted by molar-refractivity contribution is 6.26. The largest absolute Gasteiger partial charge is 0.462 e. The van der Waals surface area contributed by atoms with Gasteiger partial charge in [-0.1, -0.05) is 0 Å². The molecule has 2 N–H and O–H groups in total. The summed E-state index contributed by atoms with van der Waals surface area (Å²) < 4.78 is 11.0. The van der Waals surface area contributed by atoms with Gasteiger partial charge >= 0.3 is 5.97 Å². The van der Waals surface area contributed by atoms with Crippen molar-refractivity contribution < 1.29 is 24.2 Å². The van der Waals surface area contributed by atoms with Gasteiger partial charge in [-0.25, -0.2) is 9.78 Å². The van der Waals surface area contributed by atoms with Crippen LogP contribution >= 0.6 is 0 Å². The first kappa shape index (κ1) is 19.2. The monoisotopic (exact) mass is 397 g/mol. The van der Waals surface area contributed by atoms with Crippen molar-refractivity contribution in [3.05, 3.63) is 47.3 Å². The fourth-order valence-electron chi connectivity index (χ4n) is 3.76. The lowest BCUT2D eigenvalue weighted by molar-refractivity contribution is -0.139. The number of likely N-dealkylation sites (tertiary alicyclic amines) is 1. The Kier molecular flexibility index (Phi) is 5.35. The Morgan fingerprint density at radius 3 is 3.17 bits per heavy atom. The molecule has 152 valence electrons. The van der Waals surface area contributed by atoms with E-state index in [-0.39, 0.29) is 36.3 Å². The van der Waals surface area contributed by atoms with E-state index < -0.39 is 11.8 Å². The summed E-state index contributed by atoms with van der Waals surface area (Å²) in [6, 6.07) is 3.70. The van der Waals surface area contributed by atoms with E-state index in [2.05, 4.69) is 9.97 Å². The molecule has 8 nitrogen and oxygen atoms in total. The quantitative estimate of drug-likeness (QED) is 0.452. The van der Waals surface area contributed by atoms with E-state index in [0.717, 1.165) is 23.8 Å². The summed E-state index contributed by atoms with van der Waals surface area (Å²) in [6.07, 6.45) is 6.78. The Bertz CT molecular complexity index is 1010. The molecule has 0 saturated carbocycles. The lowest BCUT2D eigenvalue weighted by Gasteiger charge is -2.33. The first-order valence-electron chi connectivity index (χ1n) is 9.76. The van der Waals surface area contributed by atoms with Gasteiger partial charge in [0.15, 0.2) is 11.3 Å². The molecule has 4 rings (SSSR count). The maximum atomic E-state index is 13.0. The van der Waals surface area contributed by atoms with Gasteiger partial charge in [-0.3, -0.25) is 4.79 Å². The van der Waals surface area contributed by atoms with Gasteiger partial charge in [-0.15, -0.1) is 0 Å². The maximum absolute atomic E-state index is 13.0. The fraction of sp³-hybridized carbons (Fsp3) is 0.381. The van der Waals surface area contributed by atoms with Crippen molar-refractivity contribution in [2.45, 2.75) is 19.8 Å². The van der Waals surface area contributed by atoms with Crippen LogP contribution in [0.1, 0.15) is 25.3 Å². The number of H-pyrrole nitrogens is 1. The molecule has 1 unspecified atom stereocenters. The van der Waals surface area contributed by atoms with Gasteiger partial charge < -0.3 is 24.5 Å². The zero-order valence-electron chi connectivity index (χ0n) is 16.2. The number of esters is 1. The molecule has 0 spiro atoms. The number of rotatable bonds is 5. The number of Topliss-reactive ketones (excluding diaryl/α,β-unsaturated/α-hetero) is 1. The number of nitrogens with zero attached hydrogens (tertiary/aromatic N) is 2.